The number of rotatable bonds is 3. The lowest BCUT2D eigenvalue weighted by atomic mass is 9.82. The van der Waals surface area contributed by atoms with E-state index in [1.165, 1.54) is 22.3 Å². The molecule has 4 nitrogen and oxygen atoms in total. The highest BCUT2D eigenvalue weighted by Gasteiger charge is 2.37. The first-order valence-corrected chi connectivity index (χ1v) is 15.2. The molecule has 6 aromatic carbocycles. The molecule has 45 heavy (non-hydrogen) atoms. The Bertz CT molecular complexity index is 2310. The van der Waals surface area contributed by atoms with Crippen molar-refractivity contribution in [3.8, 4) is 67.9 Å². The molecule has 1 aliphatic heterocycles. The molecule has 1 aromatic heterocycles. The second-order valence-corrected chi connectivity index (χ2v) is 12.2. The minimum Gasteiger partial charge on any atom is -0.450 e. The second kappa shape index (κ2) is 9.63. The quantitative estimate of drug-likeness (QED) is 0.208. The normalized spacial score (nSPS) is 13.6. The van der Waals surface area contributed by atoms with Crippen molar-refractivity contribution >= 4 is 10.9 Å². The van der Waals surface area contributed by atoms with E-state index in [1.54, 1.807) is 0 Å². The van der Waals surface area contributed by atoms with Crippen molar-refractivity contribution in [1.82, 2.24) is 9.97 Å². The van der Waals surface area contributed by atoms with Gasteiger partial charge in [0.15, 0.2) is 28.8 Å². The van der Waals surface area contributed by atoms with Gasteiger partial charge in [-0.3, -0.25) is 0 Å². The number of benzene rings is 6. The van der Waals surface area contributed by atoms with Gasteiger partial charge in [-0.25, -0.2) is 9.97 Å². The summed E-state index contributed by atoms with van der Waals surface area (Å²) in [6.07, 6.45) is 0. The molecule has 0 radical (unpaired) electrons. The van der Waals surface area contributed by atoms with E-state index in [0.717, 1.165) is 50.3 Å². The highest BCUT2D eigenvalue weighted by molar-refractivity contribution is 5.94. The first kappa shape index (κ1) is 25.7. The Hall–Kier alpha value is -5.74. The SMILES string of the molecule is CC1(C)c2ccccc2-c2cc3c(cc21)Oc1ccc(-c2cccc(-c4nc(-c5ccccc5)nc5ccccc45)c2)cc1O3. The van der Waals surface area contributed by atoms with E-state index >= 15 is 0 Å². The second-order valence-electron chi connectivity index (χ2n) is 12.2. The molecule has 0 amide bonds. The molecule has 7 aromatic rings. The first-order chi connectivity index (χ1) is 22.0. The van der Waals surface area contributed by atoms with Crippen LogP contribution < -0.4 is 9.47 Å². The van der Waals surface area contributed by atoms with Crippen LogP contribution in [0.2, 0.25) is 0 Å². The molecule has 0 saturated heterocycles. The van der Waals surface area contributed by atoms with Crippen LogP contribution in [0.3, 0.4) is 0 Å². The Kier molecular flexibility index (Phi) is 5.51. The smallest absolute Gasteiger partial charge is 0.170 e. The van der Waals surface area contributed by atoms with Gasteiger partial charge in [-0.15, -0.1) is 0 Å². The van der Waals surface area contributed by atoms with Crippen molar-refractivity contribution in [1.29, 1.82) is 0 Å². The molecule has 0 spiro atoms. The van der Waals surface area contributed by atoms with Crippen molar-refractivity contribution in [3.05, 3.63) is 145 Å². The lowest BCUT2D eigenvalue weighted by Crippen LogP contribution is -2.15. The standard InChI is InChI=1S/C41H28N2O2/c1-41(2)32-17-8-6-15-29(32)31-23-37-38(24-33(31)41)44-35-20-19-27(22-36(35)45-37)26-13-10-14-28(21-26)39-30-16-7-9-18-34(30)42-40(43-39)25-11-4-3-5-12-25/h3-24H,1-2H3. The molecule has 0 saturated carbocycles. The van der Waals surface area contributed by atoms with Gasteiger partial charge in [0.2, 0.25) is 0 Å². The van der Waals surface area contributed by atoms with Gasteiger partial charge < -0.3 is 9.47 Å². The number of nitrogens with zero attached hydrogens (tertiary/aromatic N) is 2. The number of fused-ring (bicyclic) bond motifs is 6. The molecule has 1 aliphatic carbocycles. The van der Waals surface area contributed by atoms with E-state index in [2.05, 4.69) is 92.7 Å². The molecule has 2 aliphatic rings. The summed E-state index contributed by atoms with van der Waals surface area (Å²) in [5, 5.41) is 1.02. The first-order valence-electron chi connectivity index (χ1n) is 15.2. The minimum absolute atomic E-state index is 0.101. The molecule has 2 heterocycles. The van der Waals surface area contributed by atoms with E-state index in [4.69, 9.17) is 19.4 Å². The fourth-order valence-electron chi connectivity index (χ4n) is 6.82. The molecule has 0 fully saturated rings. The minimum atomic E-state index is -0.101. The van der Waals surface area contributed by atoms with E-state index in [9.17, 15) is 0 Å². The maximum atomic E-state index is 6.54. The highest BCUT2D eigenvalue weighted by atomic mass is 16.6. The van der Waals surface area contributed by atoms with E-state index in [0.29, 0.717) is 17.3 Å². The van der Waals surface area contributed by atoms with Gasteiger partial charge >= 0.3 is 0 Å². The van der Waals surface area contributed by atoms with E-state index < -0.39 is 0 Å². The van der Waals surface area contributed by atoms with Gasteiger partial charge in [0.05, 0.1) is 11.2 Å². The summed E-state index contributed by atoms with van der Waals surface area (Å²) >= 11 is 0. The average molecular weight is 581 g/mol. The molecule has 9 rings (SSSR count). The van der Waals surface area contributed by atoms with Crippen LogP contribution in [0.1, 0.15) is 25.0 Å². The zero-order valence-corrected chi connectivity index (χ0v) is 24.9. The number of hydrogen-bond donors (Lipinski definition) is 0. The van der Waals surface area contributed by atoms with E-state index in [-0.39, 0.29) is 5.41 Å². The van der Waals surface area contributed by atoms with Gasteiger partial charge in [0.1, 0.15) is 0 Å². The number of para-hydroxylation sites is 1. The number of hydrogen-bond acceptors (Lipinski definition) is 4. The van der Waals surface area contributed by atoms with Crippen molar-refractivity contribution in [2.24, 2.45) is 0 Å². The van der Waals surface area contributed by atoms with Gasteiger partial charge in [-0.1, -0.05) is 111 Å². The average Bonchev–Trinajstić information content (AvgIpc) is 3.31. The van der Waals surface area contributed by atoms with Gasteiger partial charge in [0, 0.05) is 21.9 Å². The van der Waals surface area contributed by atoms with E-state index in [1.807, 2.05) is 54.6 Å². The number of aromatic nitrogens is 2. The van der Waals surface area contributed by atoms with Gasteiger partial charge in [-0.2, -0.15) is 0 Å². The topological polar surface area (TPSA) is 44.2 Å². The van der Waals surface area contributed by atoms with Crippen LogP contribution in [0, 0.1) is 0 Å². The Balaban J connectivity index is 1.10. The molecular formula is C41H28N2O2. The van der Waals surface area contributed by atoms with Crippen LogP contribution >= 0.6 is 0 Å². The lowest BCUT2D eigenvalue weighted by Gasteiger charge is -2.25. The molecule has 4 heteroatoms. The fraction of sp³-hybridized carbons (Fsp3) is 0.0732. The van der Waals surface area contributed by atoms with Gasteiger partial charge in [0.25, 0.3) is 0 Å². The van der Waals surface area contributed by atoms with Crippen molar-refractivity contribution in [3.63, 3.8) is 0 Å². The monoisotopic (exact) mass is 580 g/mol. The third-order valence-electron chi connectivity index (χ3n) is 9.14. The van der Waals surface area contributed by atoms with Crippen LogP contribution in [0.4, 0.5) is 0 Å². The summed E-state index contributed by atoms with van der Waals surface area (Å²) in [5.74, 6) is 3.62. The summed E-state index contributed by atoms with van der Waals surface area (Å²) in [6, 6.07) is 45.9. The lowest BCUT2D eigenvalue weighted by molar-refractivity contribution is 0.359. The van der Waals surface area contributed by atoms with Crippen LogP contribution in [0.25, 0.3) is 55.8 Å². The molecule has 0 N–H and O–H groups in total. The zero-order chi connectivity index (χ0) is 30.1. The Morgan fingerprint density at radius 1 is 0.467 bits per heavy atom. The molecule has 0 unspecified atom stereocenters. The van der Waals surface area contributed by atoms with Crippen molar-refractivity contribution in [2.45, 2.75) is 19.3 Å². The third kappa shape index (κ3) is 4.06. The molecular weight excluding hydrogens is 552 g/mol. The highest BCUT2D eigenvalue weighted by Crippen LogP contribution is 2.55. The summed E-state index contributed by atoms with van der Waals surface area (Å²) in [4.78, 5) is 9.95. The fourth-order valence-corrected chi connectivity index (χ4v) is 6.82. The van der Waals surface area contributed by atoms with Crippen molar-refractivity contribution < 1.29 is 9.47 Å². The summed E-state index contributed by atoms with van der Waals surface area (Å²) < 4.78 is 13.0. The maximum Gasteiger partial charge on any atom is 0.170 e. The predicted molar refractivity (Wildman–Crippen MR) is 180 cm³/mol. The maximum absolute atomic E-state index is 6.54. The summed E-state index contributed by atoms with van der Waals surface area (Å²) in [6.45, 7) is 4.55. The third-order valence-corrected chi connectivity index (χ3v) is 9.14. The van der Waals surface area contributed by atoms with Gasteiger partial charge in [-0.05, 0) is 69.8 Å². The van der Waals surface area contributed by atoms with Crippen LogP contribution in [0.5, 0.6) is 23.0 Å². The van der Waals surface area contributed by atoms with Crippen LogP contribution in [0.15, 0.2) is 133 Å². The van der Waals surface area contributed by atoms with Crippen molar-refractivity contribution in [2.75, 3.05) is 0 Å². The summed E-state index contributed by atoms with van der Waals surface area (Å²) in [7, 11) is 0. The molecule has 214 valence electrons. The van der Waals surface area contributed by atoms with Crippen LogP contribution in [-0.4, -0.2) is 9.97 Å². The zero-order valence-electron chi connectivity index (χ0n) is 24.9. The largest absolute Gasteiger partial charge is 0.450 e. The predicted octanol–water partition coefficient (Wildman–Crippen LogP) is 10.8. The summed E-state index contributed by atoms with van der Waals surface area (Å²) in [5.41, 5.74) is 10.9. The Morgan fingerprint density at radius 3 is 2.07 bits per heavy atom. The van der Waals surface area contributed by atoms with Crippen LogP contribution in [-0.2, 0) is 5.41 Å². The molecule has 0 bridgehead atoms. The number of ether oxygens (including phenoxy) is 2. The Labute approximate surface area is 261 Å². The molecule has 0 atom stereocenters. The Morgan fingerprint density at radius 2 is 1.16 bits per heavy atom.